The van der Waals surface area contributed by atoms with Crippen LogP contribution in [-0.4, -0.2) is 12.9 Å². The van der Waals surface area contributed by atoms with Gasteiger partial charge in [-0.05, 0) is 47.4 Å². The summed E-state index contributed by atoms with van der Waals surface area (Å²) in [6.45, 7) is 1.58. The lowest BCUT2D eigenvalue weighted by molar-refractivity contribution is 0.101. The molecule has 0 amide bonds. The van der Waals surface area contributed by atoms with E-state index in [2.05, 4.69) is 30.3 Å². The molecule has 0 bridgehead atoms. The molecular weight excluding hydrogens is 308 g/mol. The number of carbonyl (C=O) groups excluding carboxylic acids is 1. The molecule has 2 nitrogen and oxygen atoms in total. The first-order valence-electron chi connectivity index (χ1n) is 8.20. The zero-order valence-corrected chi connectivity index (χ0v) is 14.4. The van der Waals surface area contributed by atoms with E-state index in [9.17, 15) is 4.79 Å². The Bertz CT molecular complexity index is 874. The number of benzene rings is 3. The van der Waals surface area contributed by atoms with Crippen molar-refractivity contribution >= 4 is 17.4 Å². The smallest absolute Gasteiger partial charge is 0.159 e. The van der Waals surface area contributed by atoms with Gasteiger partial charge in [0.1, 0.15) is 5.75 Å². The molecule has 0 saturated heterocycles. The number of methoxy groups -OCH3 is 1. The fraction of sp³-hybridized carbons (Fsp3) is 0.0870. The first-order chi connectivity index (χ1) is 12.2. The molecule has 0 saturated carbocycles. The Morgan fingerprint density at radius 3 is 1.88 bits per heavy atom. The molecule has 0 N–H and O–H groups in total. The minimum absolute atomic E-state index is 0.0777. The number of hydrogen-bond acceptors (Lipinski definition) is 2. The highest BCUT2D eigenvalue weighted by molar-refractivity contribution is 5.95. The van der Waals surface area contributed by atoms with Crippen LogP contribution in [0.1, 0.15) is 34.0 Å². The van der Waals surface area contributed by atoms with Gasteiger partial charge >= 0.3 is 0 Å². The lowest BCUT2D eigenvalue weighted by Crippen LogP contribution is -1.92. The zero-order chi connectivity index (χ0) is 17.6. The van der Waals surface area contributed by atoms with Crippen molar-refractivity contribution < 1.29 is 9.53 Å². The first kappa shape index (κ1) is 16.7. The summed E-state index contributed by atoms with van der Waals surface area (Å²) < 4.78 is 5.26. The van der Waals surface area contributed by atoms with Gasteiger partial charge in [-0.2, -0.15) is 0 Å². The van der Waals surface area contributed by atoms with Crippen molar-refractivity contribution in [3.8, 4) is 5.75 Å². The molecule has 0 aliphatic heterocycles. The van der Waals surface area contributed by atoms with Crippen LogP contribution < -0.4 is 4.74 Å². The van der Waals surface area contributed by atoms with Crippen molar-refractivity contribution in [2.75, 3.05) is 7.11 Å². The molecule has 0 radical (unpaired) electrons. The van der Waals surface area contributed by atoms with Crippen LogP contribution in [0.3, 0.4) is 0 Å². The third kappa shape index (κ3) is 4.04. The maximum Gasteiger partial charge on any atom is 0.159 e. The first-order valence-corrected chi connectivity index (χ1v) is 8.20. The van der Waals surface area contributed by atoms with E-state index in [4.69, 9.17) is 4.74 Å². The predicted octanol–water partition coefficient (Wildman–Crippen LogP) is 5.49. The van der Waals surface area contributed by atoms with Crippen molar-refractivity contribution in [3.05, 3.63) is 101 Å². The minimum Gasteiger partial charge on any atom is -0.497 e. The van der Waals surface area contributed by atoms with Gasteiger partial charge in [-0.15, -0.1) is 0 Å². The molecule has 25 heavy (non-hydrogen) atoms. The van der Waals surface area contributed by atoms with E-state index in [-0.39, 0.29) is 5.78 Å². The van der Waals surface area contributed by atoms with Crippen LogP contribution in [-0.2, 0) is 0 Å². The zero-order valence-electron chi connectivity index (χ0n) is 14.4. The minimum atomic E-state index is 0.0777. The summed E-state index contributed by atoms with van der Waals surface area (Å²) in [7, 11) is 1.67. The third-order valence-corrected chi connectivity index (χ3v) is 4.11. The van der Waals surface area contributed by atoms with E-state index in [0.29, 0.717) is 0 Å². The topological polar surface area (TPSA) is 26.3 Å². The van der Waals surface area contributed by atoms with Gasteiger partial charge in [0.2, 0.25) is 0 Å². The molecule has 2 heteroatoms. The lowest BCUT2D eigenvalue weighted by Gasteiger charge is -2.10. The quantitative estimate of drug-likeness (QED) is 0.457. The molecule has 0 aliphatic rings. The molecule has 0 fully saturated rings. The Balaban J connectivity index is 2.05. The van der Waals surface area contributed by atoms with Gasteiger partial charge in [-0.25, -0.2) is 0 Å². The number of Topliss-reactive ketones (excluding diaryl/α,β-unsaturated/α-hetero) is 1. The van der Waals surface area contributed by atoms with Gasteiger partial charge in [0.05, 0.1) is 7.11 Å². The maximum atomic E-state index is 11.5. The summed E-state index contributed by atoms with van der Waals surface area (Å²) in [4.78, 5) is 11.5. The molecule has 0 spiro atoms. The fourth-order valence-electron chi connectivity index (χ4n) is 2.70. The van der Waals surface area contributed by atoms with Gasteiger partial charge in [-0.1, -0.05) is 66.7 Å². The normalized spacial score (nSPS) is 11.2. The number of hydrogen-bond donors (Lipinski definition) is 0. The van der Waals surface area contributed by atoms with Gasteiger partial charge in [0.15, 0.2) is 5.78 Å². The third-order valence-electron chi connectivity index (χ3n) is 4.11. The highest BCUT2D eigenvalue weighted by atomic mass is 16.5. The molecule has 124 valence electrons. The van der Waals surface area contributed by atoms with Crippen LogP contribution in [0, 0.1) is 0 Å². The molecule has 0 heterocycles. The summed E-state index contributed by atoms with van der Waals surface area (Å²) >= 11 is 0. The summed E-state index contributed by atoms with van der Waals surface area (Å²) in [5.41, 5.74) is 5.16. The van der Waals surface area contributed by atoms with Crippen molar-refractivity contribution in [3.63, 3.8) is 0 Å². The largest absolute Gasteiger partial charge is 0.497 e. The number of ketones is 1. The van der Waals surface area contributed by atoms with Gasteiger partial charge in [0, 0.05) is 5.56 Å². The Labute approximate surface area is 148 Å². The SMILES string of the molecule is COc1ccc(/C(=C/c2ccc(C(C)=O)cc2)c2ccccc2)cc1. The Kier molecular flexibility index (Phi) is 5.10. The van der Waals surface area contributed by atoms with Crippen LogP contribution in [0.15, 0.2) is 78.9 Å². The van der Waals surface area contributed by atoms with E-state index in [0.717, 1.165) is 33.6 Å². The fourth-order valence-corrected chi connectivity index (χ4v) is 2.70. The monoisotopic (exact) mass is 328 g/mol. The van der Waals surface area contributed by atoms with Crippen LogP contribution in [0.25, 0.3) is 11.6 Å². The predicted molar refractivity (Wildman–Crippen MR) is 103 cm³/mol. The van der Waals surface area contributed by atoms with E-state index < -0.39 is 0 Å². The highest BCUT2D eigenvalue weighted by Crippen LogP contribution is 2.27. The van der Waals surface area contributed by atoms with Crippen molar-refractivity contribution in [1.29, 1.82) is 0 Å². The number of carbonyl (C=O) groups is 1. The van der Waals surface area contributed by atoms with Crippen LogP contribution in [0.2, 0.25) is 0 Å². The van der Waals surface area contributed by atoms with E-state index in [1.54, 1.807) is 14.0 Å². The summed E-state index contributed by atoms with van der Waals surface area (Å²) in [6, 6.07) is 26.0. The summed E-state index contributed by atoms with van der Waals surface area (Å²) in [5, 5.41) is 0. The molecule has 3 aromatic rings. The second-order valence-electron chi connectivity index (χ2n) is 5.83. The lowest BCUT2D eigenvalue weighted by atomic mass is 9.95. The average molecular weight is 328 g/mol. The molecule has 0 unspecified atom stereocenters. The molecule has 3 aromatic carbocycles. The Morgan fingerprint density at radius 1 is 0.760 bits per heavy atom. The van der Waals surface area contributed by atoms with Crippen molar-refractivity contribution in [2.24, 2.45) is 0 Å². The maximum absolute atomic E-state index is 11.5. The van der Waals surface area contributed by atoms with E-state index in [1.807, 2.05) is 54.6 Å². The molecule has 3 rings (SSSR count). The van der Waals surface area contributed by atoms with Gasteiger partial charge < -0.3 is 4.74 Å². The van der Waals surface area contributed by atoms with E-state index >= 15 is 0 Å². The number of rotatable bonds is 5. The average Bonchev–Trinajstić information content (AvgIpc) is 2.67. The second-order valence-corrected chi connectivity index (χ2v) is 5.83. The summed E-state index contributed by atoms with van der Waals surface area (Å²) in [6.07, 6.45) is 2.14. The Morgan fingerprint density at radius 2 is 1.32 bits per heavy atom. The van der Waals surface area contributed by atoms with Crippen LogP contribution in [0.5, 0.6) is 5.75 Å². The molecular formula is C23H20O2. The highest BCUT2D eigenvalue weighted by Gasteiger charge is 2.06. The number of ether oxygens (including phenoxy) is 1. The van der Waals surface area contributed by atoms with Crippen LogP contribution >= 0.6 is 0 Å². The van der Waals surface area contributed by atoms with Crippen LogP contribution in [0.4, 0.5) is 0 Å². The molecule has 0 atom stereocenters. The molecule has 0 aliphatic carbocycles. The van der Waals surface area contributed by atoms with Crippen molar-refractivity contribution in [1.82, 2.24) is 0 Å². The molecule has 0 aromatic heterocycles. The second kappa shape index (κ2) is 7.63. The van der Waals surface area contributed by atoms with Crippen molar-refractivity contribution in [2.45, 2.75) is 6.92 Å². The standard InChI is InChI=1S/C23H20O2/c1-17(24)19-10-8-18(9-11-19)16-23(20-6-4-3-5-7-20)21-12-14-22(25-2)15-13-21/h3-16H,1-2H3/b23-16+. The summed E-state index contributed by atoms with van der Waals surface area (Å²) in [5.74, 6) is 0.913. The van der Waals surface area contributed by atoms with Gasteiger partial charge in [-0.3, -0.25) is 4.79 Å². The van der Waals surface area contributed by atoms with E-state index in [1.165, 1.54) is 0 Å². The van der Waals surface area contributed by atoms with Gasteiger partial charge in [0.25, 0.3) is 0 Å². The Hall–Kier alpha value is -3.13.